The zero-order valence-corrected chi connectivity index (χ0v) is 20.7. The van der Waals surface area contributed by atoms with E-state index >= 15 is 0 Å². The van der Waals surface area contributed by atoms with Crippen LogP contribution in [0.3, 0.4) is 0 Å². The van der Waals surface area contributed by atoms with Gasteiger partial charge < -0.3 is 14.8 Å². The second kappa shape index (κ2) is 10.8. The van der Waals surface area contributed by atoms with Gasteiger partial charge in [-0.3, -0.25) is 4.79 Å². The van der Waals surface area contributed by atoms with Crippen LogP contribution in [0.1, 0.15) is 39.0 Å². The summed E-state index contributed by atoms with van der Waals surface area (Å²) in [6.07, 6.45) is 0. The van der Waals surface area contributed by atoms with Crippen LogP contribution >= 0.6 is 34.7 Å². The molecule has 0 spiro atoms. The van der Waals surface area contributed by atoms with Crippen LogP contribution in [0.15, 0.2) is 53.9 Å². The van der Waals surface area contributed by atoms with Crippen molar-refractivity contribution >= 4 is 51.5 Å². The summed E-state index contributed by atoms with van der Waals surface area (Å²) in [5, 5.41) is 5.67. The van der Waals surface area contributed by atoms with E-state index in [1.807, 2.05) is 24.4 Å². The number of hydrogen-bond acceptors (Lipinski definition) is 8. The van der Waals surface area contributed by atoms with Crippen molar-refractivity contribution in [2.75, 3.05) is 11.9 Å². The lowest BCUT2D eigenvalue weighted by Gasteiger charge is -2.10. The highest BCUT2D eigenvalue weighted by molar-refractivity contribution is 7.15. The number of amides is 1. The molecule has 0 fully saturated rings. The molecule has 0 bridgehead atoms. The molecule has 1 N–H and O–H groups in total. The number of aryl methyl sites for hydroxylation is 1. The Labute approximate surface area is 209 Å². The highest BCUT2D eigenvalue weighted by atomic mass is 35.5. The number of hydrogen-bond donors (Lipinski definition) is 1. The summed E-state index contributed by atoms with van der Waals surface area (Å²) in [5.74, 6) is -0.238. The molecule has 0 atom stereocenters. The maximum Gasteiger partial charge on any atom is 0.341 e. The fraction of sp³-hybridized carbons (Fsp3) is 0.167. The van der Waals surface area contributed by atoms with Gasteiger partial charge in [-0.1, -0.05) is 23.7 Å². The Balaban J connectivity index is 1.51. The van der Waals surface area contributed by atoms with Gasteiger partial charge in [0.1, 0.15) is 28.6 Å². The zero-order valence-electron chi connectivity index (χ0n) is 18.3. The quantitative estimate of drug-likeness (QED) is 0.280. The number of thiophene rings is 1. The molecule has 0 saturated carbocycles. The van der Waals surface area contributed by atoms with Crippen LogP contribution in [-0.4, -0.2) is 27.2 Å². The van der Waals surface area contributed by atoms with Gasteiger partial charge in [0.15, 0.2) is 0 Å². The van der Waals surface area contributed by atoms with E-state index in [-0.39, 0.29) is 12.5 Å². The second-order valence-corrected chi connectivity index (χ2v) is 8.99. The van der Waals surface area contributed by atoms with Crippen molar-refractivity contribution in [2.24, 2.45) is 0 Å². The van der Waals surface area contributed by atoms with Crippen LogP contribution < -0.4 is 10.1 Å². The minimum absolute atomic E-state index is 0.222. The number of nitrogens with one attached hydrogen (secondary N) is 1. The number of rotatable bonds is 8. The van der Waals surface area contributed by atoms with Crippen LogP contribution in [0.2, 0.25) is 5.02 Å². The smallest absolute Gasteiger partial charge is 0.341 e. The van der Waals surface area contributed by atoms with Crippen molar-refractivity contribution in [2.45, 2.75) is 20.5 Å². The fourth-order valence-electron chi connectivity index (χ4n) is 3.11. The predicted molar refractivity (Wildman–Crippen MR) is 134 cm³/mol. The molecule has 2 heterocycles. The number of carbonyl (C=O) groups excluding carboxylic acids is 2. The first-order chi connectivity index (χ1) is 16.5. The van der Waals surface area contributed by atoms with Crippen molar-refractivity contribution in [1.82, 2.24) is 8.75 Å². The lowest BCUT2D eigenvalue weighted by atomic mass is 10.0. The van der Waals surface area contributed by atoms with Gasteiger partial charge >= 0.3 is 5.97 Å². The minimum Gasteiger partial charge on any atom is -0.487 e. The topological polar surface area (TPSA) is 90.4 Å². The van der Waals surface area contributed by atoms with Crippen LogP contribution in [-0.2, 0) is 11.3 Å². The van der Waals surface area contributed by atoms with E-state index < -0.39 is 5.97 Å². The molecule has 1 amide bonds. The highest BCUT2D eigenvalue weighted by Crippen LogP contribution is 2.37. The Morgan fingerprint density at radius 2 is 1.79 bits per heavy atom. The normalized spacial score (nSPS) is 10.7. The molecule has 4 aromatic rings. The lowest BCUT2D eigenvalue weighted by Crippen LogP contribution is -2.14. The van der Waals surface area contributed by atoms with Gasteiger partial charge in [-0.15, -0.1) is 11.3 Å². The average molecular weight is 514 g/mol. The van der Waals surface area contributed by atoms with Crippen molar-refractivity contribution < 1.29 is 19.1 Å². The molecule has 0 radical (unpaired) electrons. The molecule has 2 aromatic heterocycles. The number of halogens is 1. The van der Waals surface area contributed by atoms with Gasteiger partial charge in [-0.2, -0.15) is 8.75 Å². The summed E-state index contributed by atoms with van der Waals surface area (Å²) in [6.45, 7) is 4.14. The van der Waals surface area contributed by atoms with E-state index in [9.17, 15) is 9.59 Å². The maximum atomic E-state index is 12.9. The first kappa shape index (κ1) is 23.9. The Hall–Kier alpha value is -3.27. The second-order valence-electron chi connectivity index (χ2n) is 7.14. The summed E-state index contributed by atoms with van der Waals surface area (Å²) in [6, 6.07) is 13.9. The molecule has 0 aliphatic rings. The van der Waals surface area contributed by atoms with Crippen LogP contribution in [0.5, 0.6) is 5.75 Å². The Morgan fingerprint density at radius 3 is 2.44 bits per heavy atom. The van der Waals surface area contributed by atoms with Crippen molar-refractivity contribution in [3.8, 4) is 16.9 Å². The SMILES string of the molecule is CCOC(=O)c1c(-c2ccc(Cl)cc2)csc1NC(=O)c1ccc(OCc2nsnc2C)cc1. The van der Waals surface area contributed by atoms with Gasteiger partial charge in [0.2, 0.25) is 0 Å². The summed E-state index contributed by atoms with van der Waals surface area (Å²) in [4.78, 5) is 25.6. The molecule has 4 rings (SSSR count). The molecule has 0 aliphatic heterocycles. The molecule has 0 saturated heterocycles. The number of carbonyl (C=O) groups is 2. The molecular weight excluding hydrogens is 494 g/mol. The van der Waals surface area contributed by atoms with Crippen LogP contribution in [0.4, 0.5) is 5.00 Å². The number of esters is 1. The Morgan fingerprint density at radius 1 is 1.06 bits per heavy atom. The van der Waals surface area contributed by atoms with E-state index in [2.05, 4.69) is 14.1 Å². The molecule has 7 nitrogen and oxygen atoms in total. The Kier molecular flexibility index (Phi) is 7.56. The van der Waals surface area contributed by atoms with Crippen molar-refractivity contribution in [3.63, 3.8) is 0 Å². The number of aromatic nitrogens is 2. The summed E-state index contributed by atoms with van der Waals surface area (Å²) >= 11 is 8.40. The van der Waals surface area contributed by atoms with E-state index in [0.29, 0.717) is 39.1 Å². The molecular formula is C24H20ClN3O4S2. The largest absolute Gasteiger partial charge is 0.487 e. The fourth-order valence-corrected chi connectivity index (χ4v) is 4.74. The van der Waals surface area contributed by atoms with E-state index in [4.69, 9.17) is 21.1 Å². The molecule has 2 aromatic carbocycles. The summed E-state index contributed by atoms with van der Waals surface area (Å²) in [5.41, 5.74) is 3.84. The predicted octanol–water partition coefficient (Wildman–Crippen LogP) is 6.24. The van der Waals surface area contributed by atoms with Crippen molar-refractivity contribution in [3.05, 3.63) is 81.4 Å². The van der Waals surface area contributed by atoms with Crippen LogP contribution in [0, 0.1) is 6.92 Å². The van der Waals surface area contributed by atoms with Crippen LogP contribution in [0.25, 0.3) is 11.1 Å². The van der Waals surface area contributed by atoms with Gasteiger partial charge in [0.05, 0.1) is 24.0 Å². The standard InChI is InChI=1S/C24H20ClN3O4S2/c1-3-31-24(30)21-19(15-4-8-17(25)9-5-15)13-33-23(21)26-22(29)16-6-10-18(11-7-16)32-12-20-14(2)27-34-28-20/h4-11,13H,3,12H2,1-2H3,(H,26,29). The monoisotopic (exact) mass is 513 g/mol. The van der Waals surface area contributed by atoms with E-state index in [1.54, 1.807) is 43.3 Å². The minimum atomic E-state index is -0.500. The van der Waals surface area contributed by atoms with E-state index in [1.165, 1.54) is 11.3 Å². The third-order valence-corrected chi connectivity index (χ3v) is 6.70. The number of benzene rings is 2. The maximum absolute atomic E-state index is 12.9. The first-order valence-electron chi connectivity index (χ1n) is 10.3. The van der Waals surface area contributed by atoms with Gasteiger partial charge in [0, 0.05) is 21.5 Å². The molecule has 174 valence electrons. The number of ether oxygens (including phenoxy) is 2. The third-order valence-electron chi connectivity index (χ3n) is 4.89. The molecule has 0 aliphatic carbocycles. The molecule has 10 heteroatoms. The van der Waals surface area contributed by atoms with Gasteiger partial charge in [-0.05, 0) is 55.8 Å². The molecule has 0 unspecified atom stereocenters. The van der Waals surface area contributed by atoms with Crippen molar-refractivity contribution in [1.29, 1.82) is 0 Å². The first-order valence-corrected chi connectivity index (χ1v) is 12.3. The summed E-state index contributed by atoms with van der Waals surface area (Å²) in [7, 11) is 0. The Bertz CT molecular complexity index is 1300. The third kappa shape index (κ3) is 5.44. The van der Waals surface area contributed by atoms with E-state index in [0.717, 1.165) is 28.7 Å². The van der Waals surface area contributed by atoms with Gasteiger partial charge in [0.25, 0.3) is 5.91 Å². The lowest BCUT2D eigenvalue weighted by molar-refractivity contribution is 0.0529. The average Bonchev–Trinajstić information content (AvgIpc) is 3.44. The highest BCUT2D eigenvalue weighted by Gasteiger charge is 2.23. The number of nitrogens with zero attached hydrogens (tertiary/aromatic N) is 2. The molecule has 34 heavy (non-hydrogen) atoms. The summed E-state index contributed by atoms with van der Waals surface area (Å²) < 4.78 is 19.3. The van der Waals surface area contributed by atoms with Gasteiger partial charge in [-0.25, -0.2) is 4.79 Å². The zero-order chi connectivity index (χ0) is 24.1. The number of anilines is 1.